The molecule has 0 radical (unpaired) electrons. The van der Waals surface area contributed by atoms with Crippen LogP contribution in [0.15, 0.2) is 20.0 Å². The molecule has 1 atom stereocenters. The third-order valence-electron chi connectivity index (χ3n) is 1.79. The first-order chi connectivity index (χ1) is 6.92. The number of fused-ring (bicyclic) bond motifs is 1. The molecule has 2 heterocycles. The average Bonchev–Trinajstić information content (AvgIpc) is 2.67. The standard InChI is InChI=1S/C8H9FN4S/c9-2-1-3-14-8-6-7(11-4-10-6)12-5-13-8/h4-6H,1-3H2. The van der Waals surface area contributed by atoms with Crippen LogP contribution in [0.5, 0.6) is 0 Å². The van der Waals surface area contributed by atoms with Gasteiger partial charge in [0.1, 0.15) is 17.7 Å². The van der Waals surface area contributed by atoms with Crippen LogP contribution in [0.25, 0.3) is 0 Å². The molecule has 2 aliphatic rings. The van der Waals surface area contributed by atoms with Gasteiger partial charge in [-0.25, -0.2) is 15.0 Å². The summed E-state index contributed by atoms with van der Waals surface area (Å²) >= 11 is 1.52. The molecule has 6 heteroatoms. The lowest BCUT2D eigenvalue weighted by atomic mass is 10.3. The minimum Gasteiger partial charge on any atom is -0.255 e. The van der Waals surface area contributed by atoms with Gasteiger partial charge in [0.2, 0.25) is 0 Å². The topological polar surface area (TPSA) is 49.4 Å². The molecule has 2 aliphatic heterocycles. The van der Waals surface area contributed by atoms with Crippen molar-refractivity contribution in [1.29, 1.82) is 0 Å². The smallest absolute Gasteiger partial charge is 0.163 e. The minimum absolute atomic E-state index is 0.135. The van der Waals surface area contributed by atoms with E-state index >= 15 is 0 Å². The van der Waals surface area contributed by atoms with E-state index < -0.39 is 0 Å². The van der Waals surface area contributed by atoms with E-state index in [1.165, 1.54) is 24.4 Å². The summed E-state index contributed by atoms with van der Waals surface area (Å²) in [4.78, 5) is 16.2. The van der Waals surface area contributed by atoms with Gasteiger partial charge in [-0.2, -0.15) is 0 Å². The molecule has 0 spiro atoms. The fourth-order valence-electron chi connectivity index (χ4n) is 1.14. The number of thioether (sulfide) groups is 1. The highest BCUT2D eigenvalue weighted by atomic mass is 32.2. The highest BCUT2D eigenvalue weighted by Crippen LogP contribution is 2.18. The zero-order valence-corrected chi connectivity index (χ0v) is 8.24. The maximum absolute atomic E-state index is 11.9. The number of amidine groups is 1. The lowest BCUT2D eigenvalue weighted by Gasteiger charge is -2.12. The van der Waals surface area contributed by atoms with Gasteiger partial charge < -0.3 is 0 Å². The van der Waals surface area contributed by atoms with Gasteiger partial charge in [-0.15, -0.1) is 11.8 Å². The maximum atomic E-state index is 11.9. The van der Waals surface area contributed by atoms with E-state index in [9.17, 15) is 4.39 Å². The molecule has 0 aromatic rings. The quantitative estimate of drug-likeness (QED) is 0.651. The lowest BCUT2D eigenvalue weighted by Crippen LogP contribution is -2.25. The zero-order valence-electron chi connectivity index (χ0n) is 7.43. The molecule has 74 valence electrons. The summed E-state index contributed by atoms with van der Waals surface area (Å²) in [5.74, 6) is 1.41. The molecule has 0 fully saturated rings. The highest BCUT2D eigenvalue weighted by molar-refractivity contribution is 8.14. The van der Waals surface area contributed by atoms with Crippen molar-refractivity contribution in [2.75, 3.05) is 12.4 Å². The Bertz CT molecular complexity index is 334. The summed E-state index contributed by atoms with van der Waals surface area (Å²) in [5, 5.41) is 0.862. The molecule has 0 aliphatic carbocycles. The highest BCUT2D eigenvalue weighted by Gasteiger charge is 2.25. The van der Waals surface area contributed by atoms with E-state index in [1.54, 1.807) is 0 Å². The Balaban J connectivity index is 1.97. The van der Waals surface area contributed by atoms with Crippen LogP contribution in [-0.2, 0) is 0 Å². The van der Waals surface area contributed by atoms with Crippen molar-refractivity contribution < 1.29 is 4.39 Å². The number of rotatable bonds is 3. The summed E-state index contributed by atoms with van der Waals surface area (Å²) in [5.41, 5.74) is 0. The van der Waals surface area contributed by atoms with Crippen molar-refractivity contribution >= 4 is 35.3 Å². The van der Waals surface area contributed by atoms with E-state index in [1.807, 2.05) is 0 Å². The molecule has 0 saturated carbocycles. The Kier molecular flexibility index (Phi) is 3.03. The molecule has 0 amide bonds. The SMILES string of the molecule is FCCCSC1=NC=NC2=NC=NC21. The molecule has 0 N–H and O–H groups in total. The van der Waals surface area contributed by atoms with Crippen molar-refractivity contribution in [1.82, 2.24) is 0 Å². The second kappa shape index (κ2) is 4.45. The van der Waals surface area contributed by atoms with Crippen LogP contribution < -0.4 is 0 Å². The van der Waals surface area contributed by atoms with Crippen molar-refractivity contribution in [2.45, 2.75) is 12.5 Å². The Morgan fingerprint density at radius 2 is 2.29 bits per heavy atom. The largest absolute Gasteiger partial charge is 0.255 e. The fourth-order valence-corrected chi connectivity index (χ4v) is 2.05. The molecule has 2 rings (SSSR count). The lowest BCUT2D eigenvalue weighted by molar-refractivity contribution is 0.489. The monoisotopic (exact) mass is 212 g/mol. The molecule has 4 nitrogen and oxygen atoms in total. The first kappa shape index (κ1) is 9.51. The normalized spacial score (nSPS) is 23.4. The van der Waals surface area contributed by atoms with Crippen LogP contribution in [-0.4, -0.2) is 42.0 Å². The Morgan fingerprint density at radius 1 is 1.36 bits per heavy atom. The van der Waals surface area contributed by atoms with Crippen molar-refractivity contribution in [3.63, 3.8) is 0 Å². The molecule has 1 unspecified atom stereocenters. The summed E-state index contributed by atoms with van der Waals surface area (Å²) in [7, 11) is 0. The van der Waals surface area contributed by atoms with Crippen LogP contribution in [0.1, 0.15) is 6.42 Å². The number of halogens is 1. The predicted octanol–water partition coefficient (Wildman–Crippen LogP) is 1.33. The third kappa shape index (κ3) is 1.89. The molecular formula is C8H9FN4S. The maximum Gasteiger partial charge on any atom is 0.163 e. The molecule has 0 aromatic carbocycles. The van der Waals surface area contributed by atoms with Crippen LogP contribution in [0.2, 0.25) is 0 Å². The van der Waals surface area contributed by atoms with Crippen LogP contribution >= 0.6 is 11.8 Å². The number of aliphatic imine (C=N–C) groups is 4. The van der Waals surface area contributed by atoms with E-state index in [4.69, 9.17) is 0 Å². The Labute approximate surface area is 85.2 Å². The number of hydrogen-bond acceptors (Lipinski definition) is 5. The van der Waals surface area contributed by atoms with Gasteiger partial charge in [0.05, 0.1) is 6.67 Å². The van der Waals surface area contributed by atoms with Gasteiger partial charge in [-0.1, -0.05) is 0 Å². The van der Waals surface area contributed by atoms with Crippen LogP contribution in [0, 0.1) is 0 Å². The summed E-state index contributed by atoms with van der Waals surface area (Å²) in [6.45, 7) is -0.288. The van der Waals surface area contributed by atoms with Crippen molar-refractivity contribution in [3.05, 3.63) is 0 Å². The number of alkyl halides is 1. The first-order valence-electron chi connectivity index (χ1n) is 4.30. The van der Waals surface area contributed by atoms with Gasteiger partial charge in [0.25, 0.3) is 0 Å². The van der Waals surface area contributed by atoms with E-state index in [0.29, 0.717) is 12.3 Å². The Morgan fingerprint density at radius 3 is 3.14 bits per heavy atom. The van der Waals surface area contributed by atoms with Gasteiger partial charge in [0, 0.05) is 5.75 Å². The zero-order chi connectivity index (χ0) is 9.80. The minimum atomic E-state index is -0.288. The summed E-state index contributed by atoms with van der Waals surface area (Å²) in [6, 6.07) is -0.135. The molecule has 0 aromatic heterocycles. The van der Waals surface area contributed by atoms with Gasteiger partial charge in [-0.3, -0.25) is 9.38 Å². The second-order valence-electron chi connectivity index (χ2n) is 2.76. The Hall–Kier alpha value is -1.04. The average molecular weight is 212 g/mol. The van der Waals surface area contributed by atoms with E-state index in [-0.39, 0.29) is 12.7 Å². The second-order valence-corrected chi connectivity index (χ2v) is 3.87. The summed E-state index contributed by atoms with van der Waals surface area (Å²) in [6.07, 6.45) is 3.51. The molecule has 14 heavy (non-hydrogen) atoms. The number of hydrogen-bond donors (Lipinski definition) is 0. The first-order valence-corrected chi connectivity index (χ1v) is 5.28. The molecule has 0 saturated heterocycles. The van der Waals surface area contributed by atoms with Gasteiger partial charge in [-0.05, 0) is 6.42 Å². The van der Waals surface area contributed by atoms with Crippen LogP contribution in [0.4, 0.5) is 4.39 Å². The van der Waals surface area contributed by atoms with Crippen molar-refractivity contribution in [3.8, 4) is 0 Å². The fraction of sp³-hybridized carbons (Fsp3) is 0.500. The van der Waals surface area contributed by atoms with Gasteiger partial charge in [0.15, 0.2) is 11.9 Å². The van der Waals surface area contributed by atoms with Crippen LogP contribution in [0.3, 0.4) is 0 Å². The summed E-state index contributed by atoms with van der Waals surface area (Å²) < 4.78 is 11.9. The molecular weight excluding hydrogens is 203 g/mol. The van der Waals surface area contributed by atoms with E-state index in [0.717, 1.165) is 10.8 Å². The van der Waals surface area contributed by atoms with Crippen molar-refractivity contribution in [2.24, 2.45) is 20.0 Å². The van der Waals surface area contributed by atoms with E-state index in [2.05, 4.69) is 20.0 Å². The third-order valence-corrected chi connectivity index (χ3v) is 2.90. The molecule has 0 bridgehead atoms. The number of nitrogens with zero attached hydrogens (tertiary/aromatic N) is 4. The predicted molar refractivity (Wildman–Crippen MR) is 58.7 cm³/mol. The van der Waals surface area contributed by atoms with Gasteiger partial charge >= 0.3 is 0 Å².